The Morgan fingerprint density at radius 3 is 2.81 bits per heavy atom. The van der Waals surface area contributed by atoms with Gasteiger partial charge in [-0.05, 0) is 36.8 Å². The highest BCUT2D eigenvalue weighted by Crippen LogP contribution is 2.33. The van der Waals surface area contributed by atoms with Crippen molar-refractivity contribution in [2.45, 2.75) is 50.7 Å². The van der Waals surface area contributed by atoms with E-state index in [9.17, 15) is 4.79 Å². The van der Waals surface area contributed by atoms with Gasteiger partial charge in [0.2, 0.25) is 5.91 Å². The van der Waals surface area contributed by atoms with E-state index in [0.717, 1.165) is 16.5 Å². The Labute approximate surface area is 140 Å². The number of carbonyl (C=O) groups is 1. The second-order valence-corrected chi connectivity index (χ2v) is 6.77. The lowest BCUT2D eigenvalue weighted by Crippen LogP contribution is -2.42. The number of carbonyl (C=O) groups excluding carboxylic acids is 1. The Hall–Kier alpha value is -0.580. The molecule has 5 heteroatoms. The lowest BCUT2D eigenvalue weighted by molar-refractivity contribution is -0.123. The van der Waals surface area contributed by atoms with E-state index >= 15 is 0 Å². The van der Waals surface area contributed by atoms with Crippen molar-refractivity contribution < 1.29 is 4.79 Å². The second kappa shape index (κ2) is 7.61. The number of amides is 1. The van der Waals surface area contributed by atoms with Crippen LogP contribution in [0.5, 0.6) is 0 Å². The predicted molar refractivity (Wildman–Crippen MR) is 90.5 cm³/mol. The average molecular weight is 374 g/mol. The van der Waals surface area contributed by atoms with Gasteiger partial charge in [-0.3, -0.25) is 4.79 Å². The summed E-state index contributed by atoms with van der Waals surface area (Å²) in [6, 6.07) is 8.59. The third-order valence-corrected chi connectivity index (χ3v) is 5.36. The number of hydrogen-bond donors (Lipinski definition) is 2. The maximum Gasteiger partial charge on any atom is 0.237 e. The van der Waals surface area contributed by atoms with Crippen molar-refractivity contribution in [2.24, 2.45) is 5.92 Å². The van der Waals surface area contributed by atoms with E-state index in [-0.39, 0.29) is 24.4 Å². The zero-order chi connectivity index (χ0) is 13.9. The zero-order valence-electron chi connectivity index (χ0n) is 12.0. The first-order chi connectivity index (χ1) is 9.74. The van der Waals surface area contributed by atoms with Crippen molar-refractivity contribution >= 4 is 34.2 Å². The second-order valence-electron chi connectivity index (χ2n) is 5.92. The summed E-state index contributed by atoms with van der Waals surface area (Å²) in [4.78, 5) is 12.3. The minimum atomic E-state index is 0. The van der Waals surface area contributed by atoms with Crippen molar-refractivity contribution in [1.82, 2.24) is 10.6 Å². The monoisotopic (exact) mass is 372 g/mol. The third-order valence-electron chi connectivity index (χ3n) is 4.59. The summed E-state index contributed by atoms with van der Waals surface area (Å²) >= 11 is 3.51. The van der Waals surface area contributed by atoms with E-state index < -0.39 is 0 Å². The van der Waals surface area contributed by atoms with Crippen molar-refractivity contribution in [3.63, 3.8) is 0 Å². The van der Waals surface area contributed by atoms with Gasteiger partial charge in [0.05, 0.1) is 6.04 Å². The number of fused-ring (bicyclic) bond motifs is 1. The van der Waals surface area contributed by atoms with Gasteiger partial charge in [-0.2, -0.15) is 0 Å². The van der Waals surface area contributed by atoms with E-state index in [4.69, 9.17) is 0 Å². The topological polar surface area (TPSA) is 41.1 Å². The van der Waals surface area contributed by atoms with Gasteiger partial charge in [0.15, 0.2) is 0 Å². The molecular formula is C16H22BrClN2O. The molecule has 2 aliphatic rings. The van der Waals surface area contributed by atoms with Crippen molar-refractivity contribution in [2.75, 3.05) is 0 Å². The fourth-order valence-corrected chi connectivity index (χ4v) is 3.89. The van der Waals surface area contributed by atoms with Crippen LogP contribution in [0.2, 0.25) is 0 Å². The van der Waals surface area contributed by atoms with Gasteiger partial charge in [-0.1, -0.05) is 47.0 Å². The molecule has 2 N–H and O–H groups in total. The molecule has 1 aromatic carbocycles. The average Bonchev–Trinajstić information content (AvgIpc) is 2.90. The fourth-order valence-electron chi connectivity index (χ4n) is 3.47. The summed E-state index contributed by atoms with van der Waals surface area (Å²) in [5, 5.41) is 6.58. The smallest absolute Gasteiger partial charge is 0.237 e. The third kappa shape index (κ3) is 3.99. The minimum Gasteiger partial charge on any atom is -0.351 e. The lowest BCUT2D eigenvalue weighted by atomic mass is 9.85. The summed E-state index contributed by atoms with van der Waals surface area (Å²) in [7, 11) is 0. The van der Waals surface area contributed by atoms with Crippen molar-refractivity contribution in [3.8, 4) is 0 Å². The van der Waals surface area contributed by atoms with Crippen LogP contribution in [-0.2, 0) is 11.3 Å². The van der Waals surface area contributed by atoms with Crippen molar-refractivity contribution in [1.29, 1.82) is 0 Å². The summed E-state index contributed by atoms with van der Waals surface area (Å²) in [6.07, 6.45) is 6.16. The first-order valence-corrected chi connectivity index (χ1v) is 8.30. The largest absolute Gasteiger partial charge is 0.351 e. The van der Waals surface area contributed by atoms with Crippen LogP contribution in [0.15, 0.2) is 28.7 Å². The molecule has 116 valence electrons. The van der Waals surface area contributed by atoms with Gasteiger partial charge in [0, 0.05) is 17.1 Å². The van der Waals surface area contributed by atoms with Crippen LogP contribution >= 0.6 is 28.3 Å². The summed E-state index contributed by atoms with van der Waals surface area (Å²) in [5.41, 5.74) is 1.12. The van der Waals surface area contributed by atoms with Gasteiger partial charge in [-0.25, -0.2) is 0 Å². The van der Waals surface area contributed by atoms with Crippen LogP contribution in [0, 0.1) is 5.92 Å². The normalized spacial score (nSPS) is 27.6. The molecule has 1 aromatic rings. The van der Waals surface area contributed by atoms with E-state index in [1.54, 1.807) is 0 Å². The molecule has 2 fully saturated rings. The summed E-state index contributed by atoms with van der Waals surface area (Å²) in [5.74, 6) is 0.859. The molecule has 0 radical (unpaired) electrons. The molecule has 0 bridgehead atoms. The van der Waals surface area contributed by atoms with E-state index in [1.165, 1.54) is 25.7 Å². The van der Waals surface area contributed by atoms with E-state index in [1.807, 2.05) is 24.3 Å². The molecule has 21 heavy (non-hydrogen) atoms. The Morgan fingerprint density at radius 2 is 2.05 bits per heavy atom. The molecule has 0 spiro atoms. The zero-order valence-corrected chi connectivity index (χ0v) is 14.4. The van der Waals surface area contributed by atoms with E-state index in [0.29, 0.717) is 18.5 Å². The number of halogens is 2. The highest BCUT2D eigenvalue weighted by Gasteiger charge is 2.37. The molecule has 1 aliphatic heterocycles. The summed E-state index contributed by atoms with van der Waals surface area (Å²) < 4.78 is 1.05. The quantitative estimate of drug-likeness (QED) is 0.852. The molecule has 0 aromatic heterocycles. The minimum absolute atomic E-state index is 0. The SMILES string of the molecule is Cl.O=C(NCc1ccccc1Br)C1CC2CCCCC2N1. The predicted octanol–water partition coefficient (Wildman–Crippen LogP) is 3.41. The highest BCUT2D eigenvalue weighted by atomic mass is 79.9. The molecule has 1 saturated carbocycles. The first kappa shape index (κ1) is 16.8. The van der Waals surface area contributed by atoms with Crippen LogP contribution in [0.4, 0.5) is 0 Å². The Kier molecular flexibility index (Phi) is 6.08. The molecule has 1 heterocycles. The van der Waals surface area contributed by atoms with Gasteiger partial charge in [0.1, 0.15) is 0 Å². The van der Waals surface area contributed by atoms with Crippen LogP contribution in [0.3, 0.4) is 0 Å². The fraction of sp³-hybridized carbons (Fsp3) is 0.562. The van der Waals surface area contributed by atoms with Crippen LogP contribution in [-0.4, -0.2) is 18.0 Å². The molecule has 1 amide bonds. The van der Waals surface area contributed by atoms with E-state index in [2.05, 4.69) is 26.6 Å². The van der Waals surface area contributed by atoms with Gasteiger partial charge < -0.3 is 10.6 Å². The lowest BCUT2D eigenvalue weighted by Gasteiger charge is -2.24. The number of rotatable bonds is 3. The molecular weight excluding hydrogens is 352 g/mol. The molecule has 3 nitrogen and oxygen atoms in total. The van der Waals surface area contributed by atoms with Crippen LogP contribution < -0.4 is 10.6 Å². The molecule has 1 saturated heterocycles. The maximum atomic E-state index is 12.3. The molecule has 3 unspecified atom stereocenters. The molecule has 1 aliphatic carbocycles. The Morgan fingerprint density at radius 1 is 1.29 bits per heavy atom. The summed E-state index contributed by atoms with van der Waals surface area (Å²) in [6.45, 7) is 0.591. The number of nitrogens with one attached hydrogen (secondary N) is 2. The standard InChI is InChI=1S/C16H21BrN2O.ClH/c17-13-7-3-1-6-12(13)10-18-16(20)15-9-11-5-2-4-8-14(11)19-15;/h1,3,6-7,11,14-15,19H,2,4-5,8-10H2,(H,18,20);1H. The van der Waals surface area contributed by atoms with Crippen LogP contribution in [0.25, 0.3) is 0 Å². The number of hydrogen-bond acceptors (Lipinski definition) is 2. The Balaban J connectivity index is 0.00000161. The Bertz CT molecular complexity index is 483. The molecule has 3 rings (SSSR count). The number of benzene rings is 1. The van der Waals surface area contributed by atoms with Gasteiger partial charge >= 0.3 is 0 Å². The van der Waals surface area contributed by atoms with Crippen molar-refractivity contribution in [3.05, 3.63) is 34.3 Å². The van der Waals surface area contributed by atoms with Gasteiger partial charge in [0.25, 0.3) is 0 Å². The first-order valence-electron chi connectivity index (χ1n) is 7.51. The maximum absolute atomic E-state index is 12.3. The molecule has 3 atom stereocenters. The highest BCUT2D eigenvalue weighted by molar-refractivity contribution is 9.10. The van der Waals surface area contributed by atoms with Crippen LogP contribution in [0.1, 0.15) is 37.7 Å². The van der Waals surface area contributed by atoms with Gasteiger partial charge in [-0.15, -0.1) is 12.4 Å².